The highest BCUT2D eigenvalue weighted by Crippen LogP contribution is 2.26. The van der Waals surface area contributed by atoms with Crippen LogP contribution in [0.5, 0.6) is 0 Å². The molecule has 1 rings (SSSR count). The average Bonchev–Trinajstić information content (AvgIpc) is 1.88. The highest BCUT2D eigenvalue weighted by Gasteiger charge is 2.14. The number of hydrogen-bond acceptors (Lipinski definition) is 1. The molecule has 1 aliphatic rings. The average molecular weight is 158 g/mol. The van der Waals surface area contributed by atoms with Gasteiger partial charge in [0.05, 0.1) is 0 Å². The molecule has 0 amide bonds. The van der Waals surface area contributed by atoms with E-state index in [0.29, 0.717) is 5.92 Å². The summed E-state index contributed by atoms with van der Waals surface area (Å²) in [6, 6.07) is 0. The Bertz CT molecular complexity index is 116. The standard InChI is InChI=1S/C8H15OP/c9-8(10)6-7-4-2-1-3-5-7/h7H,1-6,10H2. The lowest BCUT2D eigenvalue weighted by Crippen LogP contribution is -2.08. The molecule has 0 spiro atoms. The molecule has 0 aromatic heterocycles. The van der Waals surface area contributed by atoms with Crippen LogP contribution in [0.2, 0.25) is 0 Å². The topological polar surface area (TPSA) is 17.1 Å². The van der Waals surface area contributed by atoms with Gasteiger partial charge in [0.1, 0.15) is 5.52 Å². The minimum atomic E-state index is 0.284. The zero-order chi connectivity index (χ0) is 7.40. The van der Waals surface area contributed by atoms with E-state index in [2.05, 4.69) is 9.24 Å². The Hall–Kier alpha value is 0.100. The third-order valence-electron chi connectivity index (χ3n) is 2.21. The van der Waals surface area contributed by atoms with E-state index in [1.165, 1.54) is 32.1 Å². The van der Waals surface area contributed by atoms with Crippen molar-refractivity contribution in [3.63, 3.8) is 0 Å². The van der Waals surface area contributed by atoms with Crippen molar-refractivity contribution >= 4 is 14.8 Å². The van der Waals surface area contributed by atoms with Gasteiger partial charge >= 0.3 is 0 Å². The van der Waals surface area contributed by atoms with Crippen LogP contribution in [0.3, 0.4) is 0 Å². The summed E-state index contributed by atoms with van der Waals surface area (Å²) in [5.74, 6) is 0.707. The van der Waals surface area contributed by atoms with E-state index in [1.807, 2.05) is 0 Å². The van der Waals surface area contributed by atoms with Gasteiger partial charge in [0, 0.05) is 6.42 Å². The molecule has 0 bridgehead atoms. The third-order valence-corrected chi connectivity index (χ3v) is 2.45. The van der Waals surface area contributed by atoms with Gasteiger partial charge < -0.3 is 0 Å². The highest BCUT2D eigenvalue weighted by molar-refractivity contribution is 7.40. The molecular formula is C8H15OP. The van der Waals surface area contributed by atoms with Crippen LogP contribution in [0.1, 0.15) is 38.5 Å². The van der Waals surface area contributed by atoms with E-state index in [-0.39, 0.29) is 5.52 Å². The molecule has 0 aliphatic heterocycles. The number of hydrogen-bond donors (Lipinski definition) is 0. The first-order chi connectivity index (χ1) is 4.79. The van der Waals surface area contributed by atoms with E-state index in [4.69, 9.17) is 0 Å². The van der Waals surface area contributed by atoms with Crippen molar-refractivity contribution in [2.75, 3.05) is 0 Å². The van der Waals surface area contributed by atoms with Gasteiger partial charge in [-0.05, 0) is 5.92 Å². The predicted octanol–water partition coefficient (Wildman–Crippen LogP) is 2.36. The second kappa shape index (κ2) is 4.08. The molecule has 1 aliphatic carbocycles. The summed E-state index contributed by atoms with van der Waals surface area (Å²) in [6.45, 7) is 0. The van der Waals surface area contributed by atoms with Gasteiger partial charge in [-0.15, -0.1) is 0 Å². The van der Waals surface area contributed by atoms with Crippen molar-refractivity contribution in [2.45, 2.75) is 38.5 Å². The Morgan fingerprint density at radius 3 is 2.40 bits per heavy atom. The Kier molecular flexibility index (Phi) is 3.34. The van der Waals surface area contributed by atoms with E-state index in [1.54, 1.807) is 0 Å². The third kappa shape index (κ3) is 2.79. The smallest absolute Gasteiger partial charge is 0.148 e. The van der Waals surface area contributed by atoms with Crippen LogP contribution in [-0.4, -0.2) is 5.52 Å². The number of carbonyl (C=O) groups is 1. The molecule has 1 saturated carbocycles. The lowest BCUT2D eigenvalue weighted by Gasteiger charge is -2.19. The zero-order valence-electron chi connectivity index (χ0n) is 6.31. The van der Waals surface area contributed by atoms with Gasteiger partial charge in [-0.3, -0.25) is 4.79 Å². The highest BCUT2D eigenvalue weighted by atomic mass is 31.0. The maximum atomic E-state index is 10.7. The summed E-state index contributed by atoms with van der Waals surface area (Å²) in [7, 11) is 2.27. The number of rotatable bonds is 2. The monoisotopic (exact) mass is 158 g/mol. The molecule has 0 aromatic carbocycles. The molecule has 1 fully saturated rings. The molecule has 1 atom stereocenters. The van der Waals surface area contributed by atoms with Crippen molar-refractivity contribution in [3.8, 4) is 0 Å². The maximum absolute atomic E-state index is 10.7. The molecule has 1 nitrogen and oxygen atoms in total. The lowest BCUT2D eigenvalue weighted by atomic mass is 9.87. The van der Waals surface area contributed by atoms with E-state index >= 15 is 0 Å². The first-order valence-corrected chi connectivity index (χ1v) is 4.65. The molecule has 0 N–H and O–H groups in total. The van der Waals surface area contributed by atoms with Gasteiger partial charge in [-0.1, -0.05) is 41.3 Å². The second-order valence-corrected chi connectivity index (χ2v) is 3.82. The fraction of sp³-hybridized carbons (Fsp3) is 0.875. The van der Waals surface area contributed by atoms with Gasteiger partial charge in [0.15, 0.2) is 0 Å². The van der Waals surface area contributed by atoms with Crippen LogP contribution < -0.4 is 0 Å². The Balaban J connectivity index is 2.19. The summed E-state index contributed by atoms with van der Waals surface area (Å²) in [6.07, 6.45) is 7.40. The first kappa shape index (κ1) is 8.20. The van der Waals surface area contributed by atoms with Crippen LogP contribution in [0.25, 0.3) is 0 Å². The maximum Gasteiger partial charge on any atom is 0.148 e. The largest absolute Gasteiger partial charge is 0.295 e. The van der Waals surface area contributed by atoms with E-state index in [9.17, 15) is 4.79 Å². The Morgan fingerprint density at radius 2 is 1.90 bits per heavy atom. The van der Waals surface area contributed by atoms with Crippen molar-refractivity contribution < 1.29 is 4.79 Å². The van der Waals surface area contributed by atoms with Crippen LogP contribution in [0.4, 0.5) is 0 Å². The lowest BCUT2D eigenvalue weighted by molar-refractivity contribution is -0.112. The summed E-state index contributed by atoms with van der Waals surface area (Å²) >= 11 is 0. The Labute approximate surface area is 64.8 Å². The van der Waals surface area contributed by atoms with Gasteiger partial charge in [0.2, 0.25) is 0 Å². The SMILES string of the molecule is O=C(P)CC1CCCCC1. The van der Waals surface area contributed by atoms with E-state index < -0.39 is 0 Å². The molecule has 0 saturated heterocycles. The van der Waals surface area contributed by atoms with Crippen LogP contribution in [0.15, 0.2) is 0 Å². The minimum Gasteiger partial charge on any atom is -0.295 e. The van der Waals surface area contributed by atoms with Gasteiger partial charge in [-0.2, -0.15) is 0 Å². The molecular weight excluding hydrogens is 143 g/mol. The van der Waals surface area contributed by atoms with Crippen LogP contribution >= 0.6 is 9.24 Å². The summed E-state index contributed by atoms with van der Waals surface area (Å²) < 4.78 is 0. The van der Waals surface area contributed by atoms with Crippen molar-refractivity contribution in [3.05, 3.63) is 0 Å². The van der Waals surface area contributed by atoms with Crippen molar-refractivity contribution in [2.24, 2.45) is 5.92 Å². The van der Waals surface area contributed by atoms with Crippen LogP contribution in [-0.2, 0) is 4.79 Å². The molecule has 2 heteroatoms. The predicted molar refractivity (Wildman–Crippen MR) is 45.9 cm³/mol. The van der Waals surface area contributed by atoms with Gasteiger partial charge in [-0.25, -0.2) is 0 Å². The molecule has 0 aromatic rings. The fourth-order valence-electron chi connectivity index (χ4n) is 1.68. The van der Waals surface area contributed by atoms with Gasteiger partial charge in [0.25, 0.3) is 0 Å². The normalized spacial score (nSPS) is 20.9. The second-order valence-electron chi connectivity index (χ2n) is 3.17. The molecule has 0 radical (unpaired) electrons. The number of carbonyl (C=O) groups excluding carboxylic acids is 1. The van der Waals surface area contributed by atoms with Crippen LogP contribution in [0, 0.1) is 5.92 Å². The summed E-state index contributed by atoms with van der Waals surface area (Å²) in [5.41, 5.74) is 0.284. The molecule has 0 heterocycles. The molecule has 1 unspecified atom stereocenters. The fourth-order valence-corrected chi connectivity index (χ4v) is 2.01. The summed E-state index contributed by atoms with van der Waals surface area (Å²) in [4.78, 5) is 10.7. The van der Waals surface area contributed by atoms with Crippen molar-refractivity contribution in [1.82, 2.24) is 0 Å². The van der Waals surface area contributed by atoms with E-state index in [0.717, 1.165) is 6.42 Å². The quantitative estimate of drug-likeness (QED) is 0.564. The molecule has 58 valence electrons. The minimum absolute atomic E-state index is 0.284. The zero-order valence-corrected chi connectivity index (χ0v) is 7.46. The molecule has 10 heavy (non-hydrogen) atoms. The Morgan fingerprint density at radius 1 is 1.30 bits per heavy atom. The van der Waals surface area contributed by atoms with Crippen molar-refractivity contribution in [1.29, 1.82) is 0 Å². The summed E-state index contributed by atoms with van der Waals surface area (Å²) in [5, 5.41) is 0. The first-order valence-electron chi connectivity index (χ1n) is 4.07.